The van der Waals surface area contributed by atoms with Gasteiger partial charge in [0.05, 0.1) is 11.0 Å². The lowest BCUT2D eigenvalue weighted by atomic mass is 9.78. The van der Waals surface area contributed by atoms with Crippen molar-refractivity contribution < 1.29 is 23.5 Å². The van der Waals surface area contributed by atoms with E-state index in [0.29, 0.717) is 11.3 Å². The molecular weight excluding hydrogens is 447 g/mol. The van der Waals surface area contributed by atoms with Gasteiger partial charge < -0.3 is 14.2 Å². The molecule has 4 rings (SSSR count). The molecule has 0 bridgehead atoms. The normalized spacial score (nSPS) is 23.9. The van der Waals surface area contributed by atoms with E-state index in [9.17, 15) is 19.5 Å². The highest BCUT2D eigenvalue weighted by atomic mass is 31.2. The van der Waals surface area contributed by atoms with Gasteiger partial charge in [-0.25, -0.2) is 9.34 Å². The van der Waals surface area contributed by atoms with Gasteiger partial charge >= 0.3 is 13.4 Å². The number of rotatable bonds is 9. The Morgan fingerprint density at radius 1 is 1.24 bits per heavy atom. The summed E-state index contributed by atoms with van der Waals surface area (Å²) in [5.41, 5.74) is -0.401. The summed E-state index contributed by atoms with van der Waals surface area (Å²) in [7, 11) is 0.246. The summed E-state index contributed by atoms with van der Waals surface area (Å²) in [6, 6.07) is 6.56. The average molecular weight is 476 g/mol. The van der Waals surface area contributed by atoms with Crippen molar-refractivity contribution in [2.45, 2.75) is 26.4 Å². The van der Waals surface area contributed by atoms with E-state index in [4.69, 9.17) is 9.26 Å². The molecule has 33 heavy (non-hydrogen) atoms. The van der Waals surface area contributed by atoms with Gasteiger partial charge in [-0.15, -0.1) is 0 Å². The Kier molecular flexibility index (Phi) is 6.22. The third-order valence-corrected chi connectivity index (χ3v) is 8.98. The lowest BCUT2D eigenvalue weighted by Crippen LogP contribution is -2.34. The maximum absolute atomic E-state index is 13.5. The topological polar surface area (TPSA) is 105 Å². The van der Waals surface area contributed by atoms with E-state index in [2.05, 4.69) is 0 Å². The van der Waals surface area contributed by atoms with Crippen molar-refractivity contribution in [1.82, 2.24) is 14.2 Å². The number of hydrogen-bond acceptors (Lipinski definition) is 6. The lowest BCUT2D eigenvalue weighted by molar-refractivity contribution is -0.422. The minimum absolute atomic E-state index is 0.149. The van der Waals surface area contributed by atoms with Crippen LogP contribution >= 0.6 is 7.67 Å². The third-order valence-electron chi connectivity index (χ3n) is 6.16. The number of carbonyl (C=O) groups excluding carboxylic acids is 1. The van der Waals surface area contributed by atoms with E-state index in [1.807, 2.05) is 23.2 Å². The van der Waals surface area contributed by atoms with Gasteiger partial charge in [-0.05, 0) is 25.1 Å². The number of amides is 1. The first-order valence-electron chi connectivity index (χ1n) is 10.9. The highest BCUT2D eigenvalue weighted by Gasteiger charge is 2.52. The van der Waals surface area contributed by atoms with Gasteiger partial charge in [-0.1, -0.05) is 19.1 Å². The fourth-order valence-electron chi connectivity index (χ4n) is 3.71. The summed E-state index contributed by atoms with van der Waals surface area (Å²) in [6.45, 7) is 6.73. The first-order valence-corrected chi connectivity index (χ1v) is 12.4. The SMILES string of the molecule is C[C@H](OP(=O)(N1CC1)N1CC1)C1(C)C=CC([N+](=O)[O-])=C(Oc2cccc(C(=O)N(C)C)c2)C1. The highest BCUT2D eigenvalue weighted by Crippen LogP contribution is 2.63. The summed E-state index contributed by atoms with van der Waals surface area (Å²) >= 11 is 0. The van der Waals surface area contributed by atoms with Crippen molar-refractivity contribution in [3.8, 4) is 5.75 Å². The second-order valence-corrected chi connectivity index (χ2v) is 11.4. The fourth-order valence-corrected chi connectivity index (χ4v) is 6.18. The van der Waals surface area contributed by atoms with Crippen LogP contribution < -0.4 is 4.74 Å². The number of allylic oxidation sites excluding steroid dienone is 2. The van der Waals surface area contributed by atoms with Gasteiger partial charge in [0, 0.05) is 63.7 Å². The van der Waals surface area contributed by atoms with Crippen molar-refractivity contribution in [1.29, 1.82) is 0 Å². The Labute approximate surface area is 193 Å². The van der Waals surface area contributed by atoms with Gasteiger partial charge in [0.1, 0.15) is 5.75 Å². The minimum Gasteiger partial charge on any atom is -0.454 e. The molecule has 1 amide bonds. The third kappa shape index (κ3) is 4.89. The Hall–Kier alpha value is -2.52. The summed E-state index contributed by atoms with van der Waals surface area (Å²) in [4.78, 5) is 25.0. The zero-order valence-electron chi connectivity index (χ0n) is 19.3. The highest BCUT2D eigenvalue weighted by molar-refractivity contribution is 7.54. The number of nitrogens with zero attached hydrogens (tertiary/aromatic N) is 4. The summed E-state index contributed by atoms with van der Waals surface area (Å²) < 4.78 is 29.3. The molecule has 1 aromatic carbocycles. The lowest BCUT2D eigenvalue weighted by Gasteiger charge is -2.37. The molecule has 0 aromatic heterocycles. The average Bonchev–Trinajstić information content (AvgIpc) is 3.64. The molecule has 0 saturated carbocycles. The monoisotopic (exact) mass is 476 g/mol. The first kappa shape index (κ1) is 23.6. The van der Waals surface area contributed by atoms with E-state index in [-0.39, 0.29) is 23.8 Å². The van der Waals surface area contributed by atoms with Crippen LogP contribution in [0.3, 0.4) is 0 Å². The zero-order chi connectivity index (χ0) is 24.0. The van der Waals surface area contributed by atoms with E-state index in [1.165, 1.54) is 11.0 Å². The van der Waals surface area contributed by atoms with Crippen LogP contribution in [0.25, 0.3) is 0 Å². The van der Waals surface area contributed by atoms with Crippen molar-refractivity contribution in [3.05, 3.63) is 63.6 Å². The van der Waals surface area contributed by atoms with Crippen molar-refractivity contribution in [2.75, 3.05) is 40.3 Å². The van der Waals surface area contributed by atoms with Crippen LogP contribution in [0.1, 0.15) is 30.6 Å². The van der Waals surface area contributed by atoms with Crippen LogP contribution in [0.15, 0.2) is 47.9 Å². The largest absolute Gasteiger partial charge is 0.454 e. The molecular formula is C22H29N4O6P. The number of benzene rings is 1. The number of carbonyl (C=O) groups is 1. The molecule has 2 saturated heterocycles. The van der Waals surface area contributed by atoms with Gasteiger partial charge in [-0.2, -0.15) is 0 Å². The molecule has 0 radical (unpaired) electrons. The summed E-state index contributed by atoms with van der Waals surface area (Å²) in [6.07, 6.45) is 2.87. The molecule has 0 spiro atoms. The quantitative estimate of drug-likeness (QED) is 0.231. The van der Waals surface area contributed by atoms with Gasteiger partial charge in [0.15, 0.2) is 5.76 Å². The van der Waals surface area contributed by atoms with Crippen LogP contribution in [0.5, 0.6) is 5.75 Å². The summed E-state index contributed by atoms with van der Waals surface area (Å²) in [5.74, 6) is 0.311. The molecule has 2 heterocycles. The van der Waals surface area contributed by atoms with E-state index in [1.54, 1.807) is 44.4 Å². The van der Waals surface area contributed by atoms with E-state index in [0.717, 1.165) is 26.2 Å². The van der Waals surface area contributed by atoms with Crippen LogP contribution in [0.2, 0.25) is 0 Å². The summed E-state index contributed by atoms with van der Waals surface area (Å²) in [5, 5.41) is 11.7. The van der Waals surface area contributed by atoms with Crippen LogP contribution in [-0.4, -0.2) is 71.4 Å². The zero-order valence-corrected chi connectivity index (χ0v) is 20.2. The molecule has 178 valence electrons. The molecule has 1 aromatic rings. The first-order chi connectivity index (χ1) is 15.5. The molecule has 3 aliphatic rings. The van der Waals surface area contributed by atoms with E-state index < -0.39 is 24.1 Å². The number of nitro groups is 1. The number of ether oxygens (including phenoxy) is 1. The Balaban J connectivity index is 1.56. The molecule has 2 aliphatic heterocycles. The maximum Gasteiger partial charge on any atom is 0.346 e. The maximum atomic E-state index is 13.5. The smallest absolute Gasteiger partial charge is 0.346 e. The molecule has 11 heteroatoms. The minimum atomic E-state index is -3.05. The molecule has 0 N–H and O–H groups in total. The van der Waals surface area contributed by atoms with Crippen LogP contribution in [0, 0.1) is 15.5 Å². The molecule has 1 unspecified atom stereocenters. The molecule has 1 aliphatic carbocycles. The standard InChI is InChI=1S/C22H29N4O6P/c1-16(32-33(30,24-10-11-24)25-12-13-25)22(2)9-8-19(26(28)29)20(15-22)31-18-7-5-6-17(14-18)21(27)23(3)4/h5-9,14,16H,10-13,15H2,1-4H3/t16-,22?/m0/s1. The Morgan fingerprint density at radius 2 is 1.88 bits per heavy atom. The van der Waals surface area contributed by atoms with Gasteiger partial charge in [0.25, 0.3) is 5.91 Å². The van der Waals surface area contributed by atoms with Gasteiger partial charge in [-0.3, -0.25) is 19.5 Å². The molecule has 2 atom stereocenters. The molecule has 10 nitrogen and oxygen atoms in total. The Bertz CT molecular complexity index is 1060. The predicted molar refractivity (Wildman–Crippen MR) is 122 cm³/mol. The van der Waals surface area contributed by atoms with E-state index >= 15 is 0 Å². The van der Waals surface area contributed by atoms with Crippen LogP contribution in [0.4, 0.5) is 0 Å². The second-order valence-electron chi connectivity index (χ2n) is 9.06. The Morgan fingerprint density at radius 3 is 2.42 bits per heavy atom. The van der Waals surface area contributed by atoms with Crippen molar-refractivity contribution in [2.24, 2.45) is 5.41 Å². The molecule has 2 fully saturated rings. The second kappa shape index (κ2) is 8.68. The van der Waals surface area contributed by atoms with Crippen LogP contribution in [-0.2, 0) is 9.09 Å². The number of hydrogen-bond donors (Lipinski definition) is 0. The predicted octanol–water partition coefficient (Wildman–Crippen LogP) is 3.37. The fraction of sp³-hybridized carbons (Fsp3) is 0.500. The van der Waals surface area contributed by atoms with Gasteiger partial charge in [0.2, 0.25) is 0 Å². The van der Waals surface area contributed by atoms with Crippen molar-refractivity contribution in [3.63, 3.8) is 0 Å². The van der Waals surface area contributed by atoms with Crippen molar-refractivity contribution >= 4 is 13.6 Å².